The minimum absolute atomic E-state index is 0.00980. The SMILES string of the molecule is Cc1c(C(=O)NCC2CN(CC(C)C)CCO2)oc2ccc(Cl)cc12. The highest BCUT2D eigenvalue weighted by atomic mass is 35.5. The predicted octanol–water partition coefficient (Wildman–Crippen LogP) is 3.48. The smallest absolute Gasteiger partial charge is 0.287 e. The molecule has 136 valence electrons. The Balaban J connectivity index is 1.62. The first-order valence-corrected chi connectivity index (χ1v) is 9.12. The molecule has 0 bridgehead atoms. The number of amides is 1. The van der Waals surface area contributed by atoms with Crippen molar-refractivity contribution in [3.8, 4) is 0 Å². The van der Waals surface area contributed by atoms with Crippen molar-refractivity contribution in [2.45, 2.75) is 26.9 Å². The molecule has 25 heavy (non-hydrogen) atoms. The summed E-state index contributed by atoms with van der Waals surface area (Å²) < 4.78 is 11.5. The molecule has 1 saturated heterocycles. The molecule has 1 aromatic carbocycles. The Bertz CT molecular complexity index is 756. The molecule has 2 aromatic rings. The first-order valence-electron chi connectivity index (χ1n) is 8.75. The van der Waals surface area contributed by atoms with E-state index >= 15 is 0 Å². The van der Waals surface area contributed by atoms with Gasteiger partial charge < -0.3 is 14.5 Å². The van der Waals surface area contributed by atoms with Gasteiger partial charge in [-0.2, -0.15) is 0 Å². The van der Waals surface area contributed by atoms with Gasteiger partial charge >= 0.3 is 0 Å². The van der Waals surface area contributed by atoms with Crippen LogP contribution in [-0.2, 0) is 4.74 Å². The molecule has 1 amide bonds. The number of carbonyl (C=O) groups is 1. The van der Waals surface area contributed by atoms with Crippen LogP contribution in [0.1, 0.15) is 30.0 Å². The molecular formula is C19H25ClN2O3. The summed E-state index contributed by atoms with van der Waals surface area (Å²) in [5.74, 6) is 0.750. The number of aryl methyl sites for hydroxylation is 1. The van der Waals surface area contributed by atoms with Gasteiger partial charge in [0.15, 0.2) is 5.76 Å². The highest BCUT2D eigenvalue weighted by molar-refractivity contribution is 6.31. The number of carbonyl (C=O) groups excluding carboxylic acids is 1. The van der Waals surface area contributed by atoms with Gasteiger partial charge in [0.2, 0.25) is 0 Å². The quantitative estimate of drug-likeness (QED) is 0.882. The van der Waals surface area contributed by atoms with Gasteiger partial charge in [-0.1, -0.05) is 25.4 Å². The van der Waals surface area contributed by atoms with Gasteiger partial charge in [0.1, 0.15) is 5.58 Å². The third kappa shape index (κ3) is 4.35. The first-order chi connectivity index (χ1) is 11.9. The number of ether oxygens (including phenoxy) is 1. The van der Waals surface area contributed by atoms with E-state index in [2.05, 4.69) is 24.1 Å². The maximum Gasteiger partial charge on any atom is 0.287 e. The van der Waals surface area contributed by atoms with Crippen LogP contribution in [0.2, 0.25) is 5.02 Å². The van der Waals surface area contributed by atoms with Crippen LogP contribution in [0.3, 0.4) is 0 Å². The lowest BCUT2D eigenvalue weighted by Crippen LogP contribution is -2.48. The van der Waals surface area contributed by atoms with E-state index in [4.69, 9.17) is 20.8 Å². The maximum atomic E-state index is 12.5. The van der Waals surface area contributed by atoms with E-state index < -0.39 is 0 Å². The highest BCUT2D eigenvalue weighted by Crippen LogP contribution is 2.27. The summed E-state index contributed by atoms with van der Waals surface area (Å²) in [5, 5.41) is 4.44. The van der Waals surface area contributed by atoms with E-state index in [1.807, 2.05) is 13.0 Å². The number of nitrogens with one attached hydrogen (secondary N) is 1. The average Bonchev–Trinajstić information content (AvgIpc) is 2.89. The minimum Gasteiger partial charge on any atom is -0.451 e. The summed E-state index contributed by atoms with van der Waals surface area (Å²) in [7, 11) is 0. The van der Waals surface area contributed by atoms with E-state index in [0.29, 0.717) is 35.4 Å². The van der Waals surface area contributed by atoms with Crippen LogP contribution in [0.5, 0.6) is 0 Å². The minimum atomic E-state index is -0.214. The number of hydrogen-bond acceptors (Lipinski definition) is 4. The summed E-state index contributed by atoms with van der Waals surface area (Å²) in [6.45, 7) is 10.3. The van der Waals surface area contributed by atoms with Crippen molar-refractivity contribution in [2.24, 2.45) is 5.92 Å². The van der Waals surface area contributed by atoms with Gasteiger partial charge in [0.05, 0.1) is 12.7 Å². The second kappa shape index (κ2) is 7.77. The van der Waals surface area contributed by atoms with Gasteiger partial charge in [0.25, 0.3) is 5.91 Å². The number of benzene rings is 1. The fourth-order valence-corrected chi connectivity index (χ4v) is 3.45. The zero-order valence-electron chi connectivity index (χ0n) is 15.0. The van der Waals surface area contributed by atoms with Gasteiger partial charge in [0, 0.05) is 42.2 Å². The second-order valence-electron chi connectivity index (χ2n) is 7.05. The third-order valence-corrected chi connectivity index (χ3v) is 4.68. The van der Waals surface area contributed by atoms with Crippen molar-refractivity contribution < 1.29 is 13.9 Å². The Labute approximate surface area is 153 Å². The number of rotatable bonds is 5. The molecule has 2 heterocycles. The molecule has 0 radical (unpaired) electrons. The zero-order valence-corrected chi connectivity index (χ0v) is 15.7. The lowest BCUT2D eigenvalue weighted by molar-refractivity contribution is -0.0296. The van der Waals surface area contributed by atoms with E-state index in [1.54, 1.807) is 12.1 Å². The Kier molecular flexibility index (Phi) is 5.67. The normalized spacial score (nSPS) is 18.8. The standard InChI is InChI=1S/C19H25ClN2O3/c1-12(2)10-22-6-7-24-15(11-22)9-21-19(23)18-13(3)16-8-14(20)4-5-17(16)25-18/h4-5,8,12,15H,6-7,9-11H2,1-3H3,(H,21,23). The average molecular weight is 365 g/mol. The molecule has 5 nitrogen and oxygen atoms in total. The number of hydrogen-bond donors (Lipinski definition) is 1. The fourth-order valence-electron chi connectivity index (χ4n) is 3.28. The summed E-state index contributed by atoms with van der Waals surface area (Å²) in [4.78, 5) is 14.9. The van der Waals surface area contributed by atoms with Gasteiger partial charge in [-0.05, 0) is 31.0 Å². The molecule has 1 N–H and O–H groups in total. The maximum absolute atomic E-state index is 12.5. The molecule has 1 aromatic heterocycles. The van der Waals surface area contributed by atoms with Crippen LogP contribution in [0.4, 0.5) is 0 Å². The van der Waals surface area contributed by atoms with Crippen LogP contribution in [0.25, 0.3) is 11.0 Å². The molecule has 0 saturated carbocycles. The van der Waals surface area contributed by atoms with Crippen LogP contribution in [0, 0.1) is 12.8 Å². The van der Waals surface area contributed by atoms with E-state index in [0.717, 1.165) is 30.6 Å². The van der Waals surface area contributed by atoms with E-state index in [-0.39, 0.29) is 12.0 Å². The van der Waals surface area contributed by atoms with Crippen molar-refractivity contribution in [1.82, 2.24) is 10.2 Å². The molecular weight excluding hydrogens is 340 g/mol. The van der Waals surface area contributed by atoms with Crippen LogP contribution < -0.4 is 5.32 Å². The summed E-state index contributed by atoms with van der Waals surface area (Å²) in [6, 6.07) is 5.36. The zero-order chi connectivity index (χ0) is 18.0. The molecule has 1 aliphatic heterocycles. The molecule has 0 aliphatic carbocycles. The summed E-state index contributed by atoms with van der Waals surface area (Å²) >= 11 is 6.03. The molecule has 3 rings (SSSR count). The van der Waals surface area contributed by atoms with Gasteiger partial charge in [-0.15, -0.1) is 0 Å². The van der Waals surface area contributed by atoms with Gasteiger partial charge in [-0.3, -0.25) is 9.69 Å². The summed E-state index contributed by atoms with van der Waals surface area (Å²) in [6.07, 6.45) is 0.00980. The number of fused-ring (bicyclic) bond motifs is 1. The van der Waals surface area contributed by atoms with Crippen LogP contribution in [0.15, 0.2) is 22.6 Å². The van der Waals surface area contributed by atoms with E-state index in [9.17, 15) is 4.79 Å². The molecule has 0 spiro atoms. The lowest BCUT2D eigenvalue weighted by Gasteiger charge is -2.33. The van der Waals surface area contributed by atoms with Crippen molar-refractivity contribution in [3.05, 3.63) is 34.5 Å². The molecule has 1 atom stereocenters. The number of morpholine rings is 1. The second-order valence-corrected chi connectivity index (χ2v) is 7.49. The van der Waals surface area contributed by atoms with Crippen molar-refractivity contribution in [3.63, 3.8) is 0 Å². The topological polar surface area (TPSA) is 54.7 Å². The number of furan rings is 1. The molecule has 1 aliphatic rings. The highest BCUT2D eigenvalue weighted by Gasteiger charge is 2.23. The first kappa shape index (κ1) is 18.2. The lowest BCUT2D eigenvalue weighted by atomic mass is 10.1. The number of halogens is 1. The Morgan fingerprint density at radius 3 is 3.00 bits per heavy atom. The number of nitrogens with zero attached hydrogens (tertiary/aromatic N) is 1. The van der Waals surface area contributed by atoms with Crippen molar-refractivity contribution >= 4 is 28.5 Å². The third-order valence-electron chi connectivity index (χ3n) is 4.44. The van der Waals surface area contributed by atoms with Gasteiger partial charge in [-0.25, -0.2) is 0 Å². The Morgan fingerprint density at radius 1 is 1.44 bits per heavy atom. The fraction of sp³-hybridized carbons (Fsp3) is 0.526. The van der Waals surface area contributed by atoms with Crippen LogP contribution >= 0.6 is 11.6 Å². The monoisotopic (exact) mass is 364 g/mol. The largest absolute Gasteiger partial charge is 0.451 e. The predicted molar refractivity (Wildman–Crippen MR) is 99.3 cm³/mol. The van der Waals surface area contributed by atoms with Crippen molar-refractivity contribution in [1.29, 1.82) is 0 Å². The Hall–Kier alpha value is -1.56. The molecule has 1 fully saturated rings. The molecule has 1 unspecified atom stereocenters. The van der Waals surface area contributed by atoms with Crippen molar-refractivity contribution in [2.75, 3.05) is 32.8 Å². The van der Waals surface area contributed by atoms with Crippen LogP contribution in [-0.4, -0.2) is 49.7 Å². The molecule has 6 heteroatoms. The van der Waals surface area contributed by atoms with E-state index in [1.165, 1.54) is 0 Å². The summed E-state index contributed by atoms with van der Waals surface area (Å²) in [5.41, 5.74) is 1.48. The Morgan fingerprint density at radius 2 is 2.24 bits per heavy atom.